The molecule has 0 aliphatic carbocycles. The van der Waals surface area contributed by atoms with Gasteiger partial charge in [0.15, 0.2) is 0 Å². The van der Waals surface area contributed by atoms with E-state index in [2.05, 4.69) is 5.32 Å². The first kappa shape index (κ1) is 18.0. The Bertz CT molecular complexity index is 639. The monoisotopic (exact) mass is 342 g/mol. The van der Waals surface area contributed by atoms with Crippen LogP contribution in [0.4, 0.5) is 19.3 Å². The number of rotatable bonds is 5. The molecule has 1 fully saturated rings. The van der Waals surface area contributed by atoms with Gasteiger partial charge in [-0.05, 0) is 31.9 Å². The summed E-state index contributed by atoms with van der Waals surface area (Å²) in [4.78, 5) is 24.9. The second-order valence-electron chi connectivity index (χ2n) is 6.15. The minimum atomic E-state index is -2.58. The van der Waals surface area contributed by atoms with Gasteiger partial charge in [-0.2, -0.15) is 0 Å². The summed E-state index contributed by atoms with van der Waals surface area (Å²) in [5.74, 6) is -0.666. The number of anilines is 1. The van der Waals surface area contributed by atoms with Crippen molar-refractivity contribution in [2.75, 3.05) is 25.0 Å². The quantitative estimate of drug-likeness (QED) is 0.862. The van der Waals surface area contributed by atoms with Gasteiger partial charge in [-0.3, -0.25) is 4.79 Å². The molecule has 0 spiro atoms. The van der Waals surface area contributed by atoms with Crippen molar-refractivity contribution in [1.29, 1.82) is 0 Å². The Labute approximate surface area is 138 Å². The number of nitrogens with zero attached hydrogens (tertiary/aromatic N) is 1. The molecule has 1 saturated heterocycles. The van der Waals surface area contributed by atoms with E-state index in [0.29, 0.717) is 24.2 Å². The van der Waals surface area contributed by atoms with E-state index in [-0.39, 0.29) is 12.3 Å². The van der Waals surface area contributed by atoms with Crippen molar-refractivity contribution < 1.29 is 28.2 Å². The third-order valence-corrected chi connectivity index (χ3v) is 4.08. The van der Waals surface area contributed by atoms with Gasteiger partial charge in [-0.1, -0.05) is 6.07 Å². The minimum absolute atomic E-state index is 0.120. The van der Waals surface area contributed by atoms with Crippen LogP contribution in [-0.2, 0) is 4.79 Å². The smallest absolute Gasteiger partial charge is 0.321 e. The molecular weight excluding hydrogens is 322 g/mol. The minimum Gasteiger partial charge on any atom is -0.487 e. The molecule has 0 saturated carbocycles. The van der Waals surface area contributed by atoms with Gasteiger partial charge in [0.1, 0.15) is 12.4 Å². The standard InChI is InChI=1S/C16H20F2N2O4/c1-10-3-4-11(7-12(10)24-8-13(17)18)19-15(23)20-6-5-16(2,9-20)14(21)22/h3-4,7,13H,5-6,8-9H2,1-2H3,(H,19,23)(H,21,22). The van der Waals surface area contributed by atoms with Crippen molar-refractivity contribution in [3.05, 3.63) is 23.8 Å². The molecule has 0 aromatic heterocycles. The molecule has 24 heavy (non-hydrogen) atoms. The van der Waals surface area contributed by atoms with Crippen LogP contribution in [0.2, 0.25) is 0 Å². The van der Waals surface area contributed by atoms with Gasteiger partial charge in [0.25, 0.3) is 6.43 Å². The molecule has 1 aliphatic rings. The van der Waals surface area contributed by atoms with E-state index in [1.165, 1.54) is 11.0 Å². The maximum absolute atomic E-state index is 12.3. The normalized spacial score (nSPS) is 20.3. The molecule has 2 amide bonds. The zero-order chi connectivity index (χ0) is 17.9. The van der Waals surface area contributed by atoms with Crippen molar-refractivity contribution in [2.45, 2.75) is 26.7 Å². The van der Waals surface area contributed by atoms with Gasteiger partial charge in [0.05, 0.1) is 5.41 Å². The van der Waals surface area contributed by atoms with Gasteiger partial charge in [-0.25, -0.2) is 13.6 Å². The predicted octanol–water partition coefficient (Wildman–Crippen LogP) is 2.97. The van der Waals surface area contributed by atoms with Gasteiger partial charge in [0, 0.05) is 24.8 Å². The second-order valence-corrected chi connectivity index (χ2v) is 6.15. The molecule has 1 heterocycles. The lowest BCUT2D eigenvalue weighted by Gasteiger charge is -2.21. The fourth-order valence-electron chi connectivity index (χ4n) is 2.50. The first-order chi connectivity index (χ1) is 11.2. The van der Waals surface area contributed by atoms with E-state index in [1.54, 1.807) is 26.0 Å². The van der Waals surface area contributed by atoms with Gasteiger partial charge < -0.3 is 20.1 Å². The number of carboxylic acid groups (broad SMARTS) is 1. The Morgan fingerprint density at radius 3 is 2.75 bits per heavy atom. The largest absolute Gasteiger partial charge is 0.487 e. The number of carboxylic acids is 1. The molecule has 1 aromatic rings. The first-order valence-corrected chi connectivity index (χ1v) is 7.52. The molecule has 6 nitrogen and oxygen atoms in total. The fourth-order valence-corrected chi connectivity index (χ4v) is 2.50. The van der Waals surface area contributed by atoms with E-state index in [9.17, 15) is 23.5 Å². The van der Waals surface area contributed by atoms with E-state index in [1.807, 2.05) is 0 Å². The number of benzene rings is 1. The highest BCUT2D eigenvalue weighted by Gasteiger charge is 2.42. The number of amides is 2. The van der Waals surface area contributed by atoms with Crippen molar-refractivity contribution in [2.24, 2.45) is 5.41 Å². The first-order valence-electron chi connectivity index (χ1n) is 7.52. The maximum atomic E-state index is 12.3. The average molecular weight is 342 g/mol. The number of aliphatic carboxylic acids is 1. The molecule has 0 bridgehead atoms. The summed E-state index contributed by atoms with van der Waals surface area (Å²) in [5, 5.41) is 11.8. The number of hydrogen-bond acceptors (Lipinski definition) is 3. The van der Waals surface area contributed by atoms with Crippen molar-refractivity contribution in [3.63, 3.8) is 0 Å². The summed E-state index contributed by atoms with van der Waals surface area (Å²) in [7, 11) is 0. The molecule has 2 N–H and O–H groups in total. The Morgan fingerprint density at radius 2 is 2.17 bits per heavy atom. The number of ether oxygens (including phenoxy) is 1. The number of aryl methyl sites for hydroxylation is 1. The Kier molecular flexibility index (Phi) is 5.26. The van der Waals surface area contributed by atoms with Crippen LogP contribution in [0.5, 0.6) is 5.75 Å². The van der Waals surface area contributed by atoms with Gasteiger partial charge in [0.2, 0.25) is 0 Å². The Hall–Kier alpha value is -2.38. The van der Waals surface area contributed by atoms with E-state index in [4.69, 9.17) is 4.74 Å². The highest BCUT2D eigenvalue weighted by Crippen LogP contribution is 2.31. The number of carbonyl (C=O) groups is 2. The molecular formula is C16H20F2N2O4. The third kappa shape index (κ3) is 4.12. The number of urea groups is 1. The molecule has 1 unspecified atom stereocenters. The zero-order valence-electron chi connectivity index (χ0n) is 13.5. The summed E-state index contributed by atoms with van der Waals surface area (Å²) in [6, 6.07) is 4.34. The average Bonchev–Trinajstić information content (AvgIpc) is 2.92. The Morgan fingerprint density at radius 1 is 1.46 bits per heavy atom. The van der Waals surface area contributed by atoms with Crippen LogP contribution in [-0.4, -0.2) is 48.1 Å². The summed E-state index contributed by atoms with van der Waals surface area (Å²) in [6.45, 7) is 3.06. The maximum Gasteiger partial charge on any atom is 0.321 e. The lowest BCUT2D eigenvalue weighted by Crippen LogP contribution is -2.37. The number of alkyl halides is 2. The summed E-state index contributed by atoms with van der Waals surface area (Å²) in [5.41, 5.74) is 0.128. The van der Waals surface area contributed by atoms with Crippen molar-refractivity contribution in [1.82, 2.24) is 4.90 Å². The van der Waals surface area contributed by atoms with E-state index < -0.39 is 30.4 Å². The van der Waals surface area contributed by atoms with Crippen LogP contribution >= 0.6 is 0 Å². The number of carbonyl (C=O) groups excluding carboxylic acids is 1. The number of halogens is 2. The SMILES string of the molecule is Cc1ccc(NC(=O)N2CCC(C)(C(=O)O)C2)cc1OCC(F)F. The summed E-state index contributed by atoms with van der Waals surface area (Å²) >= 11 is 0. The number of hydrogen-bond donors (Lipinski definition) is 2. The highest BCUT2D eigenvalue weighted by atomic mass is 19.3. The molecule has 132 valence electrons. The molecule has 1 atom stereocenters. The Balaban J connectivity index is 2.02. The van der Waals surface area contributed by atoms with Crippen LogP contribution in [0.15, 0.2) is 18.2 Å². The number of nitrogens with one attached hydrogen (secondary N) is 1. The van der Waals surface area contributed by atoms with Gasteiger partial charge >= 0.3 is 12.0 Å². The van der Waals surface area contributed by atoms with Crippen LogP contribution in [0.3, 0.4) is 0 Å². The highest BCUT2D eigenvalue weighted by molar-refractivity contribution is 5.90. The summed E-state index contributed by atoms with van der Waals surface area (Å²) < 4.78 is 29.5. The second kappa shape index (κ2) is 7.02. The van der Waals surface area contributed by atoms with Gasteiger partial charge in [-0.15, -0.1) is 0 Å². The van der Waals surface area contributed by atoms with Crippen molar-refractivity contribution in [3.8, 4) is 5.75 Å². The molecule has 8 heteroatoms. The molecule has 1 aromatic carbocycles. The molecule has 0 radical (unpaired) electrons. The van der Waals surface area contributed by atoms with Crippen LogP contribution in [0.1, 0.15) is 18.9 Å². The van der Waals surface area contributed by atoms with Crippen LogP contribution in [0.25, 0.3) is 0 Å². The molecule has 1 aliphatic heterocycles. The van der Waals surface area contributed by atoms with Crippen LogP contribution in [0, 0.1) is 12.3 Å². The lowest BCUT2D eigenvalue weighted by molar-refractivity contribution is -0.146. The molecule has 2 rings (SSSR count). The third-order valence-electron chi connectivity index (χ3n) is 4.08. The number of likely N-dealkylation sites (tertiary alicyclic amines) is 1. The summed E-state index contributed by atoms with van der Waals surface area (Å²) in [6.07, 6.45) is -2.20. The lowest BCUT2D eigenvalue weighted by atomic mass is 9.90. The fraction of sp³-hybridized carbons (Fsp3) is 0.500. The predicted molar refractivity (Wildman–Crippen MR) is 83.6 cm³/mol. The van der Waals surface area contributed by atoms with E-state index in [0.717, 1.165) is 0 Å². The topological polar surface area (TPSA) is 78.9 Å². The van der Waals surface area contributed by atoms with Crippen LogP contribution < -0.4 is 10.1 Å². The zero-order valence-corrected chi connectivity index (χ0v) is 13.5. The van der Waals surface area contributed by atoms with Crippen molar-refractivity contribution >= 4 is 17.7 Å². The van der Waals surface area contributed by atoms with E-state index >= 15 is 0 Å².